The predicted octanol–water partition coefficient (Wildman–Crippen LogP) is 2.27. The summed E-state index contributed by atoms with van der Waals surface area (Å²) < 4.78 is 0. The third-order valence-corrected chi connectivity index (χ3v) is 2.84. The monoisotopic (exact) mass is 214 g/mol. The molecular formula is C9H10O4S. The Morgan fingerprint density at radius 1 is 1.29 bits per heavy atom. The fourth-order valence-corrected chi connectivity index (χ4v) is 2.23. The van der Waals surface area contributed by atoms with Gasteiger partial charge in [0.1, 0.15) is 4.88 Å². The molecule has 1 aromatic heterocycles. The highest BCUT2D eigenvalue weighted by molar-refractivity contribution is 7.12. The van der Waals surface area contributed by atoms with E-state index >= 15 is 0 Å². The average Bonchev–Trinajstić information content (AvgIpc) is 2.46. The number of rotatable bonds is 3. The highest BCUT2D eigenvalue weighted by Gasteiger charge is 2.23. The molecule has 0 amide bonds. The maximum absolute atomic E-state index is 10.9. The van der Waals surface area contributed by atoms with Crippen LogP contribution < -0.4 is 0 Å². The lowest BCUT2D eigenvalue weighted by Crippen LogP contribution is -2.07. The van der Waals surface area contributed by atoms with Crippen molar-refractivity contribution in [1.29, 1.82) is 0 Å². The number of carbonyl (C=O) groups is 2. The summed E-state index contributed by atoms with van der Waals surface area (Å²) in [7, 11) is 0. The normalized spacial score (nSPS) is 10.5. The van der Waals surface area contributed by atoms with Crippen LogP contribution in [0.2, 0.25) is 0 Å². The van der Waals surface area contributed by atoms with Gasteiger partial charge in [-0.05, 0) is 16.9 Å². The number of carboxylic acid groups (broad SMARTS) is 2. The summed E-state index contributed by atoms with van der Waals surface area (Å²) in [6.45, 7) is 3.67. The predicted molar refractivity (Wildman–Crippen MR) is 52.3 cm³/mol. The Kier molecular flexibility index (Phi) is 2.90. The maximum Gasteiger partial charge on any atom is 0.346 e. The fraction of sp³-hybridized carbons (Fsp3) is 0.333. The molecule has 5 heteroatoms. The minimum atomic E-state index is -1.18. The molecule has 0 atom stereocenters. The summed E-state index contributed by atoms with van der Waals surface area (Å²) >= 11 is 0.961. The van der Waals surface area contributed by atoms with Crippen LogP contribution in [-0.2, 0) is 0 Å². The van der Waals surface area contributed by atoms with Crippen molar-refractivity contribution in [3.05, 3.63) is 21.4 Å². The van der Waals surface area contributed by atoms with Crippen molar-refractivity contribution < 1.29 is 19.8 Å². The van der Waals surface area contributed by atoms with Crippen LogP contribution in [0, 0.1) is 0 Å². The Balaban J connectivity index is 3.35. The average molecular weight is 214 g/mol. The summed E-state index contributed by atoms with van der Waals surface area (Å²) in [5.74, 6) is -2.34. The number of carboxylic acids is 2. The zero-order valence-corrected chi connectivity index (χ0v) is 8.59. The van der Waals surface area contributed by atoms with Gasteiger partial charge in [0.05, 0.1) is 5.56 Å². The first kappa shape index (κ1) is 10.7. The van der Waals surface area contributed by atoms with Gasteiger partial charge in [0.15, 0.2) is 0 Å². The Bertz CT molecular complexity index is 378. The molecule has 76 valence electrons. The first-order valence-electron chi connectivity index (χ1n) is 4.03. The largest absolute Gasteiger partial charge is 0.478 e. The topological polar surface area (TPSA) is 74.6 Å². The van der Waals surface area contributed by atoms with Crippen molar-refractivity contribution in [2.75, 3.05) is 0 Å². The van der Waals surface area contributed by atoms with Gasteiger partial charge in [0.25, 0.3) is 0 Å². The molecule has 0 aliphatic heterocycles. The summed E-state index contributed by atoms with van der Waals surface area (Å²) in [4.78, 5) is 21.5. The third-order valence-electron chi connectivity index (χ3n) is 1.85. The van der Waals surface area contributed by atoms with Crippen LogP contribution in [0.4, 0.5) is 0 Å². The lowest BCUT2D eigenvalue weighted by atomic mass is 10.0. The zero-order chi connectivity index (χ0) is 10.9. The van der Waals surface area contributed by atoms with Crippen molar-refractivity contribution in [3.8, 4) is 0 Å². The number of aromatic carboxylic acids is 2. The standard InChI is InChI=1S/C9H10O4S/c1-4(2)5-3-14-7(9(12)13)6(5)8(10)11/h3-4H,1-2H3,(H,10,11)(H,12,13). The molecule has 0 aromatic carbocycles. The van der Waals surface area contributed by atoms with Gasteiger partial charge in [0.2, 0.25) is 0 Å². The van der Waals surface area contributed by atoms with Crippen LogP contribution >= 0.6 is 11.3 Å². The van der Waals surface area contributed by atoms with Gasteiger partial charge >= 0.3 is 11.9 Å². The van der Waals surface area contributed by atoms with Crippen LogP contribution in [0.5, 0.6) is 0 Å². The van der Waals surface area contributed by atoms with Gasteiger partial charge < -0.3 is 10.2 Å². The molecule has 0 saturated heterocycles. The molecule has 0 radical (unpaired) electrons. The first-order valence-corrected chi connectivity index (χ1v) is 4.91. The molecule has 14 heavy (non-hydrogen) atoms. The number of thiophene rings is 1. The van der Waals surface area contributed by atoms with E-state index in [-0.39, 0.29) is 16.4 Å². The van der Waals surface area contributed by atoms with E-state index in [9.17, 15) is 9.59 Å². The molecule has 0 spiro atoms. The molecule has 4 nitrogen and oxygen atoms in total. The molecule has 0 fully saturated rings. The summed E-state index contributed by atoms with van der Waals surface area (Å²) in [6.07, 6.45) is 0. The minimum Gasteiger partial charge on any atom is -0.478 e. The van der Waals surface area contributed by atoms with Crippen LogP contribution in [-0.4, -0.2) is 22.2 Å². The van der Waals surface area contributed by atoms with E-state index in [1.54, 1.807) is 5.38 Å². The first-order chi connectivity index (χ1) is 6.45. The van der Waals surface area contributed by atoms with Gasteiger partial charge in [0, 0.05) is 0 Å². The SMILES string of the molecule is CC(C)c1csc(C(=O)O)c1C(=O)O. The molecule has 2 N–H and O–H groups in total. The highest BCUT2D eigenvalue weighted by atomic mass is 32.1. The molecule has 0 saturated carbocycles. The van der Waals surface area contributed by atoms with E-state index < -0.39 is 11.9 Å². The minimum absolute atomic E-state index is 0.0189. The van der Waals surface area contributed by atoms with Crippen molar-refractivity contribution in [2.24, 2.45) is 0 Å². The van der Waals surface area contributed by atoms with Gasteiger partial charge in [-0.1, -0.05) is 13.8 Å². The van der Waals surface area contributed by atoms with Gasteiger partial charge in [-0.2, -0.15) is 0 Å². The molecule has 0 aliphatic rings. The van der Waals surface area contributed by atoms with Crippen molar-refractivity contribution >= 4 is 23.3 Å². The molecular weight excluding hydrogens is 204 g/mol. The lowest BCUT2D eigenvalue weighted by molar-refractivity contribution is 0.0655. The second-order valence-corrected chi connectivity index (χ2v) is 4.04. The van der Waals surface area contributed by atoms with Gasteiger partial charge in [-0.15, -0.1) is 11.3 Å². The zero-order valence-electron chi connectivity index (χ0n) is 7.77. The second kappa shape index (κ2) is 3.79. The molecule has 1 heterocycles. The lowest BCUT2D eigenvalue weighted by Gasteiger charge is -2.03. The Labute approximate surface area is 84.8 Å². The van der Waals surface area contributed by atoms with Crippen LogP contribution in [0.3, 0.4) is 0 Å². The van der Waals surface area contributed by atoms with E-state index in [0.29, 0.717) is 5.56 Å². The fourth-order valence-electron chi connectivity index (χ4n) is 1.17. The summed E-state index contributed by atoms with van der Waals surface area (Å²) in [5, 5.41) is 19.2. The molecule has 0 unspecified atom stereocenters. The second-order valence-electron chi connectivity index (χ2n) is 3.16. The van der Waals surface area contributed by atoms with E-state index in [2.05, 4.69) is 0 Å². The third kappa shape index (κ3) is 1.77. The van der Waals surface area contributed by atoms with Gasteiger partial charge in [-0.3, -0.25) is 0 Å². The van der Waals surface area contributed by atoms with E-state index in [1.165, 1.54) is 0 Å². The summed E-state index contributed by atoms with van der Waals surface area (Å²) in [5.41, 5.74) is 0.511. The van der Waals surface area contributed by atoms with Crippen LogP contribution in [0.15, 0.2) is 5.38 Å². The van der Waals surface area contributed by atoms with E-state index in [0.717, 1.165) is 11.3 Å². The maximum atomic E-state index is 10.9. The van der Waals surface area contributed by atoms with Crippen molar-refractivity contribution in [1.82, 2.24) is 0 Å². The van der Waals surface area contributed by atoms with Crippen molar-refractivity contribution in [3.63, 3.8) is 0 Å². The number of hydrogen-bond acceptors (Lipinski definition) is 3. The molecule has 0 bridgehead atoms. The highest BCUT2D eigenvalue weighted by Crippen LogP contribution is 2.28. The van der Waals surface area contributed by atoms with Crippen LogP contribution in [0.1, 0.15) is 45.4 Å². The molecule has 0 aliphatic carbocycles. The summed E-state index contributed by atoms with van der Waals surface area (Å²) in [6, 6.07) is 0. The Morgan fingerprint density at radius 2 is 1.86 bits per heavy atom. The van der Waals surface area contributed by atoms with Crippen LogP contribution in [0.25, 0.3) is 0 Å². The smallest absolute Gasteiger partial charge is 0.346 e. The van der Waals surface area contributed by atoms with E-state index in [4.69, 9.17) is 10.2 Å². The van der Waals surface area contributed by atoms with Gasteiger partial charge in [-0.25, -0.2) is 9.59 Å². The Morgan fingerprint density at radius 3 is 2.21 bits per heavy atom. The Hall–Kier alpha value is -1.36. The quantitative estimate of drug-likeness (QED) is 0.809. The number of hydrogen-bond donors (Lipinski definition) is 2. The molecule has 1 aromatic rings. The molecule has 1 rings (SSSR count). The van der Waals surface area contributed by atoms with Crippen molar-refractivity contribution in [2.45, 2.75) is 19.8 Å². The van der Waals surface area contributed by atoms with E-state index in [1.807, 2.05) is 13.8 Å².